The maximum atomic E-state index is 13.2. The summed E-state index contributed by atoms with van der Waals surface area (Å²) >= 11 is 0. The molecule has 3 unspecified atom stereocenters. The molecule has 0 aliphatic heterocycles. The van der Waals surface area contributed by atoms with E-state index in [1.165, 1.54) is 128 Å². The number of ether oxygens (including phenoxy) is 1. The van der Waals surface area contributed by atoms with Crippen LogP contribution in [0.1, 0.15) is 252 Å². The van der Waals surface area contributed by atoms with E-state index >= 15 is 0 Å². The van der Waals surface area contributed by atoms with E-state index in [1.54, 1.807) is 0 Å². The van der Waals surface area contributed by atoms with Gasteiger partial charge in [0.15, 0.2) is 0 Å². The molecule has 6 heteroatoms. The van der Waals surface area contributed by atoms with Gasteiger partial charge in [-0.3, -0.25) is 9.59 Å². The Morgan fingerprint density at radius 2 is 0.873 bits per heavy atom. The monoisotopic (exact) mass is 880 g/mol. The maximum absolute atomic E-state index is 13.2. The van der Waals surface area contributed by atoms with E-state index in [0.717, 1.165) is 70.6 Å². The number of aliphatic hydroxyl groups excluding tert-OH is 2. The fraction of sp³-hybridized carbons (Fsp3) is 0.754. The quantitative estimate of drug-likeness (QED) is 0.0321. The van der Waals surface area contributed by atoms with Crippen LogP contribution in [0.3, 0.4) is 0 Å². The predicted octanol–water partition coefficient (Wildman–Crippen LogP) is 16.2. The average molecular weight is 880 g/mol. The van der Waals surface area contributed by atoms with E-state index in [2.05, 4.69) is 92.9 Å². The highest BCUT2D eigenvalue weighted by Crippen LogP contribution is 2.17. The van der Waals surface area contributed by atoms with Gasteiger partial charge in [-0.2, -0.15) is 0 Å². The molecule has 0 fully saturated rings. The van der Waals surface area contributed by atoms with Crippen LogP contribution < -0.4 is 5.32 Å². The summed E-state index contributed by atoms with van der Waals surface area (Å²) in [5.74, 6) is -0.602. The summed E-state index contributed by atoms with van der Waals surface area (Å²) in [7, 11) is 0. The summed E-state index contributed by atoms with van der Waals surface area (Å²) in [6, 6.07) is -0.727. The first-order valence-corrected chi connectivity index (χ1v) is 26.7. The van der Waals surface area contributed by atoms with Gasteiger partial charge in [0.05, 0.1) is 25.2 Å². The van der Waals surface area contributed by atoms with Crippen molar-refractivity contribution in [2.45, 2.75) is 270 Å². The van der Waals surface area contributed by atoms with Crippen molar-refractivity contribution in [3.63, 3.8) is 0 Å². The molecular formula is C57H101NO5. The lowest BCUT2D eigenvalue weighted by molar-refractivity contribution is -0.150. The van der Waals surface area contributed by atoms with Crippen molar-refractivity contribution in [2.24, 2.45) is 0 Å². The Morgan fingerprint density at radius 3 is 1.33 bits per heavy atom. The number of hydrogen-bond donors (Lipinski definition) is 3. The van der Waals surface area contributed by atoms with Crippen LogP contribution >= 0.6 is 0 Å². The van der Waals surface area contributed by atoms with Crippen molar-refractivity contribution < 1.29 is 24.5 Å². The first-order valence-electron chi connectivity index (χ1n) is 26.7. The van der Waals surface area contributed by atoms with Crippen LogP contribution in [0.15, 0.2) is 72.9 Å². The number of amides is 1. The van der Waals surface area contributed by atoms with Gasteiger partial charge < -0.3 is 20.3 Å². The first kappa shape index (κ1) is 60.3. The Labute approximate surface area is 390 Å². The predicted molar refractivity (Wildman–Crippen MR) is 273 cm³/mol. The van der Waals surface area contributed by atoms with Gasteiger partial charge in [-0.25, -0.2) is 0 Å². The highest BCUT2D eigenvalue weighted by Gasteiger charge is 2.24. The SMILES string of the molecule is CC/C=C/C/C=C/C/C=C/C/C=C/C/C=C/CCC(=O)OC(CCC/C=C\CCCCCCCC)CC(=O)NC(CO)C(O)CCCCCCCCCCCCCCCCCCC. The molecule has 3 N–H and O–H groups in total. The molecule has 6 nitrogen and oxygen atoms in total. The van der Waals surface area contributed by atoms with Crippen molar-refractivity contribution in [2.75, 3.05) is 6.61 Å². The topological polar surface area (TPSA) is 95.9 Å². The number of rotatable bonds is 47. The van der Waals surface area contributed by atoms with Crippen molar-refractivity contribution in [1.82, 2.24) is 5.32 Å². The lowest BCUT2D eigenvalue weighted by Crippen LogP contribution is -2.46. The van der Waals surface area contributed by atoms with Crippen LogP contribution in [0.2, 0.25) is 0 Å². The molecule has 0 saturated heterocycles. The van der Waals surface area contributed by atoms with Crippen molar-refractivity contribution >= 4 is 11.9 Å². The molecule has 1 amide bonds. The van der Waals surface area contributed by atoms with Gasteiger partial charge in [0.1, 0.15) is 6.10 Å². The maximum Gasteiger partial charge on any atom is 0.306 e. The molecule has 0 rings (SSSR count). The Bertz CT molecular complexity index is 1170. The third-order valence-electron chi connectivity index (χ3n) is 11.8. The number of nitrogens with one attached hydrogen (secondary N) is 1. The second-order valence-corrected chi connectivity index (χ2v) is 17.9. The Balaban J connectivity index is 4.60. The summed E-state index contributed by atoms with van der Waals surface area (Å²) in [5, 5.41) is 23.8. The van der Waals surface area contributed by atoms with Gasteiger partial charge in [-0.1, -0.05) is 235 Å². The van der Waals surface area contributed by atoms with Gasteiger partial charge in [-0.05, 0) is 77.0 Å². The molecule has 0 saturated carbocycles. The number of carbonyl (C=O) groups excluding carboxylic acids is 2. The Kier molecular flexibility index (Phi) is 48.1. The van der Waals surface area contributed by atoms with Crippen molar-refractivity contribution in [1.29, 1.82) is 0 Å². The zero-order valence-electron chi connectivity index (χ0n) is 41.4. The number of allylic oxidation sites excluding steroid dienone is 12. The fourth-order valence-corrected chi connectivity index (χ4v) is 7.77. The van der Waals surface area contributed by atoms with E-state index in [9.17, 15) is 19.8 Å². The normalized spacial score (nSPS) is 13.8. The molecular weight excluding hydrogens is 779 g/mol. The molecule has 0 aromatic heterocycles. The molecule has 0 radical (unpaired) electrons. The van der Waals surface area contributed by atoms with Crippen LogP contribution in [0.25, 0.3) is 0 Å². The third kappa shape index (κ3) is 45.7. The molecule has 0 aromatic carbocycles. The van der Waals surface area contributed by atoms with Crippen LogP contribution in [-0.4, -0.2) is 46.9 Å². The molecule has 0 bridgehead atoms. The standard InChI is InChI=1S/C57H101NO5/c1-4-7-10-13-16-19-22-24-26-28-29-31-34-37-40-43-46-49-55(60)54(52-59)58-56(61)51-53(48-45-42-39-36-33-21-18-15-12-9-6-3)63-57(62)50-47-44-41-38-35-32-30-27-25-23-20-17-14-11-8-5-2/h8,11,17,20,25,27,32,35-36,39,41,44,53-55,59-60H,4-7,9-10,12-16,18-19,21-24,26,28-31,33-34,37-38,40,42-43,45-52H2,1-3H3,(H,58,61)/b11-8+,20-17+,27-25+,35-32+,39-36-,44-41+. The van der Waals surface area contributed by atoms with E-state index in [4.69, 9.17) is 4.74 Å². The largest absolute Gasteiger partial charge is 0.462 e. The lowest BCUT2D eigenvalue weighted by Gasteiger charge is -2.24. The zero-order chi connectivity index (χ0) is 45.9. The number of aliphatic hydroxyl groups is 2. The third-order valence-corrected chi connectivity index (χ3v) is 11.8. The second-order valence-electron chi connectivity index (χ2n) is 17.9. The molecule has 364 valence electrons. The van der Waals surface area contributed by atoms with Crippen molar-refractivity contribution in [3.8, 4) is 0 Å². The summed E-state index contributed by atoms with van der Waals surface area (Å²) in [6.45, 7) is 6.34. The minimum absolute atomic E-state index is 0.0250. The summed E-state index contributed by atoms with van der Waals surface area (Å²) in [4.78, 5) is 26.1. The van der Waals surface area contributed by atoms with E-state index in [0.29, 0.717) is 19.3 Å². The first-order chi connectivity index (χ1) is 31.0. The van der Waals surface area contributed by atoms with Crippen molar-refractivity contribution in [3.05, 3.63) is 72.9 Å². The minimum Gasteiger partial charge on any atom is -0.462 e. The number of unbranched alkanes of at least 4 members (excludes halogenated alkanes) is 23. The molecule has 0 heterocycles. The summed E-state index contributed by atoms with van der Waals surface area (Å²) in [5.41, 5.74) is 0. The fourth-order valence-electron chi connectivity index (χ4n) is 7.77. The van der Waals surface area contributed by atoms with Crippen LogP contribution in [0, 0.1) is 0 Å². The summed E-state index contributed by atoms with van der Waals surface area (Å²) < 4.78 is 5.87. The van der Waals surface area contributed by atoms with Crippen LogP contribution in [0.5, 0.6) is 0 Å². The highest BCUT2D eigenvalue weighted by atomic mass is 16.5. The van der Waals surface area contributed by atoms with Gasteiger partial charge in [-0.15, -0.1) is 0 Å². The minimum atomic E-state index is -0.809. The Morgan fingerprint density at radius 1 is 0.476 bits per heavy atom. The lowest BCUT2D eigenvalue weighted by atomic mass is 10.0. The van der Waals surface area contributed by atoms with Gasteiger partial charge in [0, 0.05) is 6.42 Å². The number of carbonyl (C=O) groups is 2. The number of hydrogen-bond acceptors (Lipinski definition) is 5. The highest BCUT2D eigenvalue weighted by molar-refractivity contribution is 5.77. The molecule has 3 atom stereocenters. The van der Waals surface area contributed by atoms with Crippen LogP contribution in [-0.2, 0) is 14.3 Å². The van der Waals surface area contributed by atoms with Gasteiger partial charge in [0.2, 0.25) is 5.91 Å². The smallest absolute Gasteiger partial charge is 0.306 e. The number of esters is 1. The summed E-state index contributed by atoms with van der Waals surface area (Å²) in [6.07, 6.45) is 64.1. The van der Waals surface area contributed by atoms with Gasteiger partial charge >= 0.3 is 5.97 Å². The van der Waals surface area contributed by atoms with E-state index < -0.39 is 18.2 Å². The molecule has 0 spiro atoms. The molecule has 0 aliphatic carbocycles. The molecule has 63 heavy (non-hydrogen) atoms. The zero-order valence-corrected chi connectivity index (χ0v) is 41.4. The molecule has 0 aliphatic rings. The van der Waals surface area contributed by atoms with Crippen LogP contribution in [0.4, 0.5) is 0 Å². The molecule has 0 aromatic rings. The van der Waals surface area contributed by atoms with E-state index in [-0.39, 0.29) is 31.3 Å². The van der Waals surface area contributed by atoms with Gasteiger partial charge in [0.25, 0.3) is 0 Å². The Hall–Kier alpha value is -2.70. The average Bonchev–Trinajstić information content (AvgIpc) is 3.28. The van der Waals surface area contributed by atoms with E-state index in [1.807, 2.05) is 6.08 Å². The second kappa shape index (κ2) is 50.3.